The molecule has 0 radical (unpaired) electrons. The second-order valence-electron chi connectivity index (χ2n) is 6.57. The van der Waals surface area contributed by atoms with E-state index in [0.29, 0.717) is 6.54 Å². The van der Waals surface area contributed by atoms with Crippen LogP contribution in [0.2, 0.25) is 0 Å². The number of nitrogens with zero attached hydrogens (tertiary/aromatic N) is 2. The van der Waals surface area contributed by atoms with Crippen molar-refractivity contribution < 1.29 is 8.78 Å². The highest BCUT2D eigenvalue weighted by Crippen LogP contribution is 2.34. The minimum atomic E-state index is -0.256. The fraction of sp³-hybridized carbons (Fsp3) is 0.300. The molecular weight excluding hydrogens is 320 g/mol. The van der Waals surface area contributed by atoms with Gasteiger partial charge in [-0.1, -0.05) is 0 Å². The summed E-state index contributed by atoms with van der Waals surface area (Å²) in [6, 6.07) is 11.4. The van der Waals surface area contributed by atoms with Crippen LogP contribution in [-0.4, -0.2) is 29.1 Å². The minimum Gasteiger partial charge on any atom is -0.330 e. The van der Waals surface area contributed by atoms with Crippen molar-refractivity contribution in [2.75, 3.05) is 19.6 Å². The maximum absolute atomic E-state index is 13.9. The van der Waals surface area contributed by atoms with Gasteiger partial charge in [-0.2, -0.15) is 0 Å². The van der Waals surface area contributed by atoms with Crippen LogP contribution in [-0.2, 0) is 13.0 Å². The van der Waals surface area contributed by atoms with Gasteiger partial charge in [0.2, 0.25) is 0 Å². The standard InChI is InChI=1S/C20H21F2N3/c21-14-2-5-16(6-3-14)25-19-7-4-15(22)12-17(19)18-13-24(10-1-9-23)11-8-20(18)25/h2-7,12H,1,8-11,13,23H2. The molecule has 0 saturated heterocycles. The smallest absolute Gasteiger partial charge is 0.123 e. The Hall–Kier alpha value is -2.24. The van der Waals surface area contributed by atoms with Gasteiger partial charge in [0.25, 0.3) is 0 Å². The van der Waals surface area contributed by atoms with Gasteiger partial charge in [0.15, 0.2) is 0 Å². The predicted molar refractivity (Wildman–Crippen MR) is 95.8 cm³/mol. The molecule has 0 unspecified atom stereocenters. The van der Waals surface area contributed by atoms with Crippen LogP contribution in [0.25, 0.3) is 16.6 Å². The normalized spacial score (nSPS) is 14.8. The Morgan fingerprint density at radius 3 is 2.52 bits per heavy atom. The van der Waals surface area contributed by atoms with Gasteiger partial charge in [0, 0.05) is 36.3 Å². The lowest BCUT2D eigenvalue weighted by molar-refractivity contribution is 0.252. The van der Waals surface area contributed by atoms with Gasteiger partial charge in [-0.25, -0.2) is 8.78 Å². The van der Waals surface area contributed by atoms with Gasteiger partial charge >= 0.3 is 0 Å². The number of rotatable bonds is 4. The Balaban J connectivity index is 1.86. The van der Waals surface area contributed by atoms with Crippen molar-refractivity contribution in [3.63, 3.8) is 0 Å². The fourth-order valence-electron chi connectivity index (χ4n) is 3.78. The van der Waals surface area contributed by atoms with E-state index in [1.54, 1.807) is 18.2 Å². The molecule has 2 aromatic carbocycles. The van der Waals surface area contributed by atoms with Gasteiger partial charge in [-0.15, -0.1) is 0 Å². The first-order valence-corrected chi connectivity index (χ1v) is 8.67. The zero-order valence-corrected chi connectivity index (χ0v) is 14.0. The van der Waals surface area contributed by atoms with E-state index in [-0.39, 0.29) is 11.6 Å². The molecule has 25 heavy (non-hydrogen) atoms. The first-order chi connectivity index (χ1) is 12.2. The number of benzene rings is 2. The van der Waals surface area contributed by atoms with Crippen molar-refractivity contribution in [3.8, 4) is 5.69 Å². The third-order valence-corrected chi connectivity index (χ3v) is 4.95. The molecule has 1 aliphatic rings. The highest BCUT2D eigenvalue weighted by atomic mass is 19.1. The molecule has 1 aliphatic heterocycles. The minimum absolute atomic E-state index is 0.231. The fourth-order valence-corrected chi connectivity index (χ4v) is 3.78. The van der Waals surface area contributed by atoms with Crippen molar-refractivity contribution >= 4 is 10.9 Å². The zero-order valence-electron chi connectivity index (χ0n) is 14.0. The maximum Gasteiger partial charge on any atom is 0.123 e. The summed E-state index contributed by atoms with van der Waals surface area (Å²) in [5.41, 5.74) is 9.87. The quantitative estimate of drug-likeness (QED) is 0.786. The summed E-state index contributed by atoms with van der Waals surface area (Å²) in [5.74, 6) is -0.487. The van der Waals surface area contributed by atoms with Gasteiger partial charge in [-0.3, -0.25) is 4.90 Å². The molecule has 0 saturated carbocycles. The predicted octanol–water partition coefficient (Wildman–Crippen LogP) is 3.62. The largest absolute Gasteiger partial charge is 0.330 e. The van der Waals surface area contributed by atoms with Gasteiger partial charge in [0.1, 0.15) is 11.6 Å². The SMILES string of the molecule is NCCCN1CCc2c(c3cc(F)ccc3n2-c2ccc(F)cc2)C1. The van der Waals surface area contributed by atoms with Crippen molar-refractivity contribution in [2.45, 2.75) is 19.4 Å². The molecule has 1 aromatic heterocycles. The van der Waals surface area contributed by atoms with E-state index in [1.165, 1.54) is 29.5 Å². The van der Waals surface area contributed by atoms with Crippen molar-refractivity contribution in [1.29, 1.82) is 0 Å². The summed E-state index contributed by atoms with van der Waals surface area (Å²) < 4.78 is 29.4. The molecule has 0 aliphatic carbocycles. The molecule has 0 atom stereocenters. The summed E-state index contributed by atoms with van der Waals surface area (Å²) in [4.78, 5) is 2.37. The second-order valence-corrected chi connectivity index (χ2v) is 6.57. The van der Waals surface area contributed by atoms with Crippen LogP contribution in [0.15, 0.2) is 42.5 Å². The lowest BCUT2D eigenvalue weighted by Gasteiger charge is -2.28. The number of nitrogens with two attached hydrogens (primary N) is 1. The van der Waals surface area contributed by atoms with Crippen molar-refractivity contribution in [3.05, 3.63) is 65.4 Å². The molecule has 0 fully saturated rings. The van der Waals surface area contributed by atoms with E-state index >= 15 is 0 Å². The molecule has 0 bridgehead atoms. The van der Waals surface area contributed by atoms with Gasteiger partial charge < -0.3 is 10.3 Å². The summed E-state index contributed by atoms with van der Waals surface area (Å²) in [6.45, 7) is 3.38. The number of fused-ring (bicyclic) bond motifs is 3. The molecule has 0 amide bonds. The van der Waals surface area contributed by atoms with Crippen LogP contribution < -0.4 is 5.73 Å². The monoisotopic (exact) mass is 341 g/mol. The number of hydrogen-bond acceptors (Lipinski definition) is 2. The van der Waals surface area contributed by atoms with Gasteiger partial charge in [-0.05, 0) is 67.5 Å². The topological polar surface area (TPSA) is 34.2 Å². The molecule has 4 rings (SSSR count). The van der Waals surface area contributed by atoms with E-state index in [1.807, 2.05) is 6.07 Å². The highest BCUT2D eigenvalue weighted by Gasteiger charge is 2.24. The van der Waals surface area contributed by atoms with E-state index in [2.05, 4.69) is 9.47 Å². The summed E-state index contributed by atoms with van der Waals surface area (Å²) in [6.07, 6.45) is 1.84. The summed E-state index contributed by atoms with van der Waals surface area (Å²) in [5, 5.41) is 0.941. The van der Waals surface area contributed by atoms with E-state index in [4.69, 9.17) is 5.73 Å². The molecule has 2 heterocycles. The molecule has 0 spiro atoms. The van der Waals surface area contributed by atoms with Crippen molar-refractivity contribution in [1.82, 2.24) is 9.47 Å². The lowest BCUT2D eigenvalue weighted by Crippen LogP contribution is -2.32. The first kappa shape index (κ1) is 16.2. The Labute approximate surface area is 145 Å². The van der Waals surface area contributed by atoms with Crippen LogP contribution in [0.3, 0.4) is 0 Å². The van der Waals surface area contributed by atoms with Crippen LogP contribution in [0.1, 0.15) is 17.7 Å². The Morgan fingerprint density at radius 2 is 1.76 bits per heavy atom. The zero-order chi connectivity index (χ0) is 17.4. The average Bonchev–Trinajstić information content (AvgIpc) is 2.94. The molecule has 3 aromatic rings. The van der Waals surface area contributed by atoms with Crippen molar-refractivity contribution in [2.24, 2.45) is 5.73 Å². The van der Waals surface area contributed by atoms with E-state index < -0.39 is 0 Å². The lowest BCUT2D eigenvalue weighted by atomic mass is 10.0. The molecule has 3 nitrogen and oxygen atoms in total. The van der Waals surface area contributed by atoms with Crippen LogP contribution >= 0.6 is 0 Å². The Kier molecular flexibility index (Phi) is 4.27. The summed E-state index contributed by atoms with van der Waals surface area (Å²) in [7, 11) is 0. The average molecular weight is 341 g/mol. The molecule has 130 valence electrons. The van der Waals surface area contributed by atoms with Crippen LogP contribution in [0.4, 0.5) is 8.78 Å². The second kappa shape index (κ2) is 6.58. The third kappa shape index (κ3) is 2.94. The summed E-state index contributed by atoms with van der Waals surface area (Å²) >= 11 is 0. The van der Waals surface area contributed by atoms with Crippen LogP contribution in [0.5, 0.6) is 0 Å². The van der Waals surface area contributed by atoms with E-state index in [0.717, 1.165) is 49.1 Å². The molecule has 2 N–H and O–H groups in total. The number of halogens is 2. The Morgan fingerprint density at radius 1 is 1.00 bits per heavy atom. The third-order valence-electron chi connectivity index (χ3n) is 4.95. The number of aromatic nitrogens is 1. The first-order valence-electron chi connectivity index (χ1n) is 8.67. The highest BCUT2D eigenvalue weighted by molar-refractivity contribution is 5.87. The van der Waals surface area contributed by atoms with Crippen LogP contribution in [0, 0.1) is 11.6 Å². The molecule has 5 heteroatoms. The van der Waals surface area contributed by atoms with E-state index in [9.17, 15) is 8.78 Å². The van der Waals surface area contributed by atoms with Gasteiger partial charge in [0.05, 0.1) is 5.52 Å². The Bertz CT molecular complexity index is 899. The molecular formula is C20H21F2N3. The number of hydrogen-bond donors (Lipinski definition) is 1. The maximum atomic E-state index is 13.9.